The maximum atomic E-state index is 12.4. The lowest BCUT2D eigenvalue weighted by atomic mass is 10.1. The van der Waals surface area contributed by atoms with Gasteiger partial charge in [-0.3, -0.25) is 4.79 Å². The molecule has 2 heteroatoms. The molecule has 3 rings (SSSR count). The van der Waals surface area contributed by atoms with E-state index in [1.54, 1.807) is 0 Å². The number of rotatable bonds is 3. The van der Waals surface area contributed by atoms with Gasteiger partial charge in [0.2, 0.25) is 0 Å². The summed E-state index contributed by atoms with van der Waals surface area (Å²) < 4.78 is 2.00. The predicted molar refractivity (Wildman–Crippen MR) is 77.4 cm³/mol. The van der Waals surface area contributed by atoms with Gasteiger partial charge in [-0.2, -0.15) is 0 Å². The zero-order chi connectivity index (χ0) is 13.2. The Morgan fingerprint density at radius 1 is 1.00 bits per heavy atom. The van der Waals surface area contributed by atoms with E-state index in [4.69, 9.17) is 0 Å². The first-order chi connectivity index (χ1) is 9.25. The summed E-state index contributed by atoms with van der Waals surface area (Å²) in [6, 6.07) is 17.9. The molecule has 0 aliphatic carbocycles. The minimum atomic E-state index is 0.152. The summed E-state index contributed by atoms with van der Waals surface area (Å²) in [6.45, 7) is 2.36. The number of hydrogen-bond donors (Lipinski definition) is 0. The Hall–Kier alpha value is -2.35. The molecule has 0 fully saturated rings. The van der Waals surface area contributed by atoms with Crippen molar-refractivity contribution >= 4 is 16.7 Å². The van der Waals surface area contributed by atoms with Gasteiger partial charge in [0.1, 0.15) is 0 Å². The molecule has 0 bridgehead atoms. The Labute approximate surface area is 112 Å². The number of ketones is 1. The molecule has 94 valence electrons. The van der Waals surface area contributed by atoms with Crippen LogP contribution in [0.1, 0.15) is 15.9 Å². The van der Waals surface area contributed by atoms with Crippen molar-refractivity contribution in [1.82, 2.24) is 4.57 Å². The monoisotopic (exact) mass is 249 g/mol. The molecule has 3 aromatic rings. The topological polar surface area (TPSA) is 22.0 Å². The highest BCUT2D eigenvalue weighted by Gasteiger charge is 2.10. The summed E-state index contributed by atoms with van der Waals surface area (Å²) in [4.78, 5) is 12.4. The van der Waals surface area contributed by atoms with Crippen LogP contribution in [0.25, 0.3) is 10.9 Å². The molecule has 1 heterocycles. The third kappa shape index (κ3) is 2.17. The molecule has 2 aromatic carbocycles. The number of aromatic nitrogens is 1. The van der Waals surface area contributed by atoms with Gasteiger partial charge in [-0.1, -0.05) is 42.5 Å². The van der Waals surface area contributed by atoms with Crippen molar-refractivity contribution in [2.45, 2.75) is 13.5 Å². The van der Waals surface area contributed by atoms with Gasteiger partial charge in [-0.15, -0.1) is 0 Å². The van der Waals surface area contributed by atoms with Crippen LogP contribution in [0.3, 0.4) is 0 Å². The van der Waals surface area contributed by atoms with E-state index in [9.17, 15) is 4.79 Å². The summed E-state index contributed by atoms with van der Waals surface area (Å²) in [5, 5.41) is 1.17. The van der Waals surface area contributed by atoms with Crippen molar-refractivity contribution in [3.05, 3.63) is 71.9 Å². The summed E-state index contributed by atoms with van der Waals surface area (Å²) in [5.41, 5.74) is 2.94. The first-order valence-corrected chi connectivity index (χ1v) is 6.38. The van der Waals surface area contributed by atoms with E-state index in [0.29, 0.717) is 6.54 Å². The van der Waals surface area contributed by atoms with E-state index in [-0.39, 0.29) is 5.78 Å². The summed E-state index contributed by atoms with van der Waals surface area (Å²) in [5.74, 6) is 0.152. The minimum absolute atomic E-state index is 0.152. The number of para-hydroxylation sites is 1. The number of nitrogens with zero attached hydrogens (tertiary/aromatic N) is 1. The predicted octanol–water partition coefficient (Wildman–Crippen LogP) is 3.83. The highest BCUT2D eigenvalue weighted by atomic mass is 16.1. The molecular formula is C17H15NO. The fourth-order valence-electron chi connectivity index (χ4n) is 2.40. The largest absolute Gasteiger partial charge is 0.340 e. The second-order valence-corrected chi connectivity index (χ2v) is 4.74. The van der Waals surface area contributed by atoms with Crippen molar-refractivity contribution in [3.8, 4) is 0 Å². The number of carbonyl (C=O) groups excluding carboxylic acids is 1. The Balaban J connectivity index is 1.94. The average molecular weight is 249 g/mol. The van der Waals surface area contributed by atoms with Crippen LogP contribution >= 0.6 is 0 Å². The van der Waals surface area contributed by atoms with Crippen molar-refractivity contribution in [2.24, 2.45) is 0 Å². The van der Waals surface area contributed by atoms with Crippen LogP contribution in [0.15, 0.2) is 60.8 Å². The van der Waals surface area contributed by atoms with Gasteiger partial charge in [0.05, 0.1) is 6.54 Å². The van der Waals surface area contributed by atoms with E-state index in [1.807, 2.05) is 66.2 Å². The lowest BCUT2D eigenvalue weighted by Gasteiger charge is -2.07. The van der Waals surface area contributed by atoms with Crippen LogP contribution in [-0.4, -0.2) is 10.4 Å². The Morgan fingerprint density at radius 2 is 1.74 bits per heavy atom. The Kier molecular flexibility index (Phi) is 2.92. The molecule has 0 atom stereocenters. The molecule has 0 aliphatic rings. The molecule has 1 aromatic heterocycles. The Morgan fingerprint density at radius 3 is 2.58 bits per heavy atom. The molecule has 0 radical (unpaired) electrons. The normalized spacial score (nSPS) is 10.8. The van der Waals surface area contributed by atoms with Crippen molar-refractivity contribution < 1.29 is 4.79 Å². The maximum Gasteiger partial charge on any atom is 0.182 e. The summed E-state index contributed by atoms with van der Waals surface area (Å²) in [7, 11) is 0. The SMILES string of the molecule is Cc1ccccc1C(=O)Cn1ccc2ccccc21. The second kappa shape index (κ2) is 4.73. The van der Waals surface area contributed by atoms with Gasteiger partial charge in [-0.05, 0) is 30.0 Å². The van der Waals surface area contributed by atoms with Crippen LogP contribution in [0, 0.1) is 6.92 Å². The quantitative estimate of drug-likeness (QED) is 0.646. The standard InChI is InChI=1S/C17H15NO/c1-13-6-2-4-8-15(13)17(19)12-18-11-10-14-7-3-5-9-16(14)18/h2-11H,12H2,1H3. The van der Waals surface area contributed by atoms with E-state index in [2.05, 4.69) is 6.07 Å². The van der Waals surface area contributed by atoms with Gasteiger partial charge in [-0.25, -0.2) is 0 Å². The van der Waals surface area contributed by atoms with Crippen molar-refractivity contribution in [2.75, 3.05) is 0 Å². The number of Topliss-reactive ketones (excluding diaryl/α,β-unsaturated/α-hetero) is 1. The molecule has 19 heavy (non-hydrogen) atoms. The molecule has 0 spiro atoms. The van der Waals surface area contributed by atoms with E-state index >= 15 is 0 Å². The highest BCUT2D eigenvalue weighted by molar-refractivity contribution is 5.98. The van der Waals surface area contributed by atoms with Gasteiger partial charge >= 0.3 is 0 Å². The zero-order valence-electron chi connectivity index (χ0n) is 10.8. The number of fused-ring (bicyclic) bond motifs is 1. The maximum absolute atomic E-state index is 12.4. The summed E-state index contributed by atoms with van der Waals surface area (Å²) >= 11 is 0. The number of aryl methyl sites for hydroxylation is 1. The van der Waals surface area contributed by atoms with Gasteiger partial charge in [0.15, 0.2) is 5.78 Å². The third-order valence-electron chi connectivity index (χ3n) is 3.44. The lowest BCUT2D eigenvalue weighted by Crippen LogP contribution is -2.10. The molecule has 0 saturated carbocycles. The minimum Gasteiger partial charge on any atom is -0.340 e. The average Bonchev–Trinajstić information content (AvgIpc) is 2.83. The van der Waals surface area contributed by atoms with Gasteiger partial charge in [0, 0.05) is 17.3 Å². The fraction of sp³-hybridized carbons (Fsp3) is 0.118. The van der Waals surface area contributed by atoms with E-state index in [1.165, 1.54) is 5.39 Å². The fourth-order valence-corrected chi connectivity index (χ4v) is 2.40. The van der Waals surface area contributed by atoms with Crippen molar-refractivity contribution in [3.63, 3.8) is 0 Å². The first kappa shape index (κ1) is 11.7. The van der Waals surface area contributed by atoms with Crippen LogP contribution in [0.4, 0.5) is 0 Å². The van der Waals surface area contributed by atoms with Crippen LogP contribution < -0.4 is 0 Å². The van der Waals surface area contributed by atoms with Crippen LogP contribution in [0.5, 0.6) is 0 Å². The van der Waals surface area contributed by atoms with Gasteiger partial charge in [0.25, 0.3) is 0 Å². The molecule has 0 amide bonds. The van der Waals surface area contributed by atoms with Crippen LogP contribution in [0.2, 0.25) is 0 Å². The summed E-state index contributed by atoms with van der Waals surface area (Å²) in [6.07, 6.45) is 1.97. The number of hydrogen-bond acceptors (Lipinski definition) is 1. The van der Waals surface area contributed by atoms with E-state index < -0.39 is 0 Å². The van der Waals surface area contributed by atoms with Crippen molar-refractivity contribution in [1.29, 1.82) is 0 Å². The molecule has 0 aliphatic heterocycles. The smallest absolute Gasteiger partial charge is 0.182 e. The Bertz CT molecular complexity index is 740. The number of benzene rings is 2. The molecule has 0 N–H and O–H groups in total. The molecule has 0 unspecified atom stereocenters. The van der Waals surface area contributed by atoms with E-state index in [0.717, 1.165) is 16.6 Å². The third-order valence-corrected chi connectivity index (χ3v) is 3.44. The zero-order valence-corrected chi connectivity index (χ0v) is 10.8. The highest BCUT2D eigenvalue weighted by Crippen LogP contribution is 2.16. The number of carbonyl (C=O) groups is 1. The molecular weight excluding hydrogens is 234 g/mol. The molecule has 0 saturated heterocycles. The molecule has 2 nitrogen and oxygen atoms in total. The lowest BCUT2D eigenvalue weighted by molar-refractivity contribution is 0.0973. The van der Waals surface area contributed by atoms with Gasteiger partial charge < -0.3 is 4.57 Å². The first-order valence-electron chi connectivity index (χ1n) is 6.38. The second-order valence-electron chi connectivity index (χ2n) is 4.74. The van der Waals surface area contributed by atoms with Crippen LogP contribution in [-0.2, 0) is 6.54 Å².